The number of hydrogen-bond acceptors (Lipinski definition) is 2. The second-order valence-corrected chi connectivity index (χ2v) is 6.72. The van der Waals surface area contributed by atoms with E-state index in [2.05, 4.69) is 10.6 Å². The molecule has 0 aliphatic rings. The van der Waals surface area contributed by atoms with Crippen molar-refractivity contribution >= 4 is 46.4 Å². The lowest BCUT2D eigenvalue weighted by molar-refractivity contribution is -0.125. The van der Waals surface area contributed by atoms with Crippen LogP contribution in [0.25, 0.3) is 0 Å². The molecule has 0 saturated carbocycles. The van der Waals surface area contributed by atoms with Gasteiger partial charge in [-0.25, -0.2) is 0 Å². The Bertz CT molecular complexity index is 902. The molecule has 3 rings (SSSR count). The molecule has 2 amide bonds. The van der Waals surface area contributed by atoms with Crippen LogP contribution in [0.4, 0.5) is 11.4 Å². The largest absolute Gasteiger partial charge is 0.325 e. The molecule has 4 nitrogen and oxygen atoms in total. The number of halogens is 2. The van der Waals surface area contributed by atoms with E-state index in [4.69, 9.17) is 23.2 Å². The van der Waals surface area contributed by atoms with Crippen LogP contribution in [0.5, 0.6) is 0 Å². The van der Waals surface area contributed by atoms with Gasteiger partial charge in [0.15, 0.2) is 0 Å². The van der Waals surface area contributed by atoms with Gasteiger partial charge in [0.25, 0.3) is 0 Å². The number of carbonyl (C=O) groups excluding carboxylic acids is 2. The van der Waals surface area contributed by atoms with Gasteiger partial charge in [-0.1, -0.05) is 65.7 Å². The standard InChI is InChI=1S/C21H16Cl2N2O2/c22-15-8-4-10-17(12-15)24-20(26)19(14-6-2-1-3-7-14)21(27)25-18-11-5-9-16(23)13-18/h1-13,19H,(H,24,26)(H,25,27). The molecule has 0 fully saturated rings. The van der Waals surface area contributed by atoms with E-state index in [1.165, 1.54) is 0 Å². The summed E-state index contributed by atoms with van der Waals surface area (Å²) in [6, 6.07) is 22.4. The lowest BCUT2D eigenvalue weighted by Crippen LogP contribution is -2.32. The molecule has 0 bridgehead atoms. The molecule has 0 atom stereocenters. The Morgan fingerprint density at radius 1 is 0.667 bits per heavy atom. The molecule has 0 radical (unpaired) electrons. The highest BCUT2D eigenvalue weighted by atomic mass is 35.5. The maximum atomic E-state index is 12.9. The fourth-order valence-electron chi connectivity index (χ4n) is 2.63. The summed E-state index contributed by atoms with van der Waals surface area (Å²) in [7, 11) is 0. The zero-order chi connectivity index (χ0) is 19.2. The van der Waals surface area contributed by atoms with Crippen LogP contribution in [0, 0.1) is 0 Å². The fourth-order valence-corrected chi connectivity index (χ4v) is 3.01. The molecule has 136 valence electrons. The maximum Gasteiger partial charge on any atom is 0.241 e. The van der Waals surface area contributed by atoms with Gasteiger partial charge in [-0.3, -0.25) is 9.59 Å². The summed E-state index contributed by atoms with van der Waals surface area (Å²) in [4.78, 5) is 25.8. The molecular weight excluding hydrogens is 383 g/mol. The van der Waals surface area contributed by atoms with Crippen molar-refractivity contribution in [3.8, 4) is 0 Å². The highest BCUT2D eigenvalue weighted by Gasteiger charge is 2.28. The van der Waals surface area contributed by atoms with Crippen LogP contribution in [-0.2, 0) is 9.59 Å². The van der Waals surface area contributed by atoms with Crippen LogP contribution in [0.2, 0.25) is 10.0 Å². The number of nitrogens with one attached hydrogen (secondary N) is 2. The Kier molecular flexibility index (Phi) is 6.12. The van der Waals surface area contributed by atoms with Gasteiger partial charge in [0.1, 0.15) is 5.92 Å². The molecule has 0 unspecified atom stereocenters. The summed E-state index contributed by atoms with van der Waals surface area (Å²) in [6.45, 7) is 0. The molecular formula is C21H16Cl2N2O2. The zero-order valence-corrected chi connectivity index (χ0v) is 15.7. The van der Waals surface area contributed by atoms with Crippen LogP contribution < -0.4 is 10.6 Å². The molecule has 0 saturated heterocycles. The average molecular weight is 399 g/mol. The van der Waals surface area contributed by atoms with Crippen LogP contribution in [0.3, 0.4) is 0 Å². The van der Waals surface area contributed by atoms with E-state index in [-0.39, 0.29) is 0 Å². The summed E-state index contributed by atoms with van der Waals surface area (Å²) in [5, 5.41) is 6.48. The minimum absolute atomic E-state index is 0.456. The molecule has 2 N–H and O–H groups in total. The number of carbonyl (C=O) groups is 2. The topological polar surface area (TPSA) is 58.2 Å². The molecule has 3 aromatic rings. The quantitative estimate of drug-likeness (QED) is 0.568. The van der Waals surface area contributed by atoms with E-state index < -0.39 is 17.7 Å². The van der Waals surface area contributed by atoms with E-state index in [1.807, 2.05) is 6.07 Å². The predicted molar refractivity (Wildman–Crippen MR) is 109 cm³/mol. The number of benzene rings is 3. The summed E-state index contributed by atoms with van der Waals surface area (Å²) in [5.41, 5.74) is 1.62. The number of rotatable bonds is 5. The highest BCUT2D eigenvalue weighted by molar-refractivity contribution is 6.31. The van der Waals surface area contributed by atoms with E-state index in [1.54, 1.807) is 72.8 Å². The molecule has 0 aromatic heterocycles. The smallest absolute Gasteiger partial charge is 0.241 e. The Morgan fingerprint density at radius 3 is 1.59 bits per heavy atom. The van der Waals surface area contributed by atoms with E-state index in [0.29, 0.717) is 27.0 Å². The first-order chi connectivity index (χ1) is 13.0. The summed E-state index contributed by atoms with van der Waals surface area (Å²) in [5.74, 6) is -1.95. The molecule has 0 heterocycles. The average Bonchev–Trinajstić information content (AvgIpc) is 2.63. The maximum absolute atomic E-state index is 12.9. The van der Waals surface area contributed by atoms with Gasteiger partial charge in [0.05, 0.1) is 0 Å². The lowest BCUT2D eigenvalue weighted by atomic mass is 9.97. The van der Waals surface area contributed by atoms with Crippen LogP contribution in [0.15, 0.2) is 78.9 Å². The first-order valence-corrected chi connectivity index (χ1v) is 8.96. The Balaban J connectivity index is 1.86. The lowest BCUT2D eigenvalue weighted by Gasteiger charge is -2.17. The van der Waals surface area contributed by atoms with Gasteiger partial charge in [-0.15, -0.1) is 0 Å². The third-order valence-corrected chi connectivity index (χ3v) is 4.31. The Morgan fingerprint density at radius 2 is 1.15 bits per heavy atom. The van der Waals surface area contributed by atoms with E-state index in [9.17, 15) is 9.59 Å². The Hall–Kier alpha value is -2.82. The normalized spacial score (nSPS) is 10.5. The first kappa shape index (κ1) is 19.0. The van der Waals surface area contributed by atoms with Crippen molar-refractivity contribution in [2.75, 3.05) is 10.6 Å². The van der Waals surface area contributed by atoms with Crippen molar-refractivity contribution in [2.24, 2.45) is 0 Å². The van der Waals surface area contributed by atoms with E-state index >= 15 is 0 Å². The zero-order valence-electron chi connectivity index (χ0n) is 14.2. The fraction of sp³-hybridized carbons (Fsp3) is 0.0476. The molecule has 27 heavy (non-hydrogen) atoms. The molecule has 0 aliphatic carbocycles. The van der Waals surface area contributed by atoms with Gasteiger partial charge in [-0.05, 0) is 42.0 Å². The van der Waals surface area contributed by atoms with Crippen LogP contribution in [0.1, 0.15) is 11.5 Å². The highest BCUT2D eigenvalue weighted by Crippen LogP contribution is 2.23. The number of amides is 2. The molecule has 6 heteroatoms. The van der Waals surface area contributed by atoms with Gasteiger partial charge < -0.3 is 10.6 Å². The second kappa shape index (κ2) is 8.71. The Labute approximate surface area is 167 Å². The third-order valence-electron chi connectivity index (χ3n) is 3.84. The van der Waals surface area contributed by atoms with Crippen molar-refractivity contribution in [1.82, 2.24) is 0 Å². The van der Waals surface area contributed by atoms with E-state index in [0.717, 1.165) is 0 Å². The molecule has 3 aromatic carbocycles. The minimum Gasteiger partial charge on any atom is -0.325 e. The van der Waals surface area contributed by atoms with Crippen molar-refractivity contribution in [1.29, 1.82) is 0 Å². The van der Waals surface area contributed by atoms with Crippen LogP contribution in [-0.4, -0.2) is 11.8 Å². The van der Waals surface area contributed by atoms with Gasteiger partial charge in [-0.2, -0.15) is 0 Å². The van der Waals surface area contributed by atoms with Crippen molar-refractivity contribution in [2.45, 2.75) is 5.92 Å². The van der Waals surface area contributed by atoms with Crippen molar-refractivity contribution in [3.63, 3.8) is 0 Å². The molecule has 0 spiro atoms. The summed E-state index contributed by atoms with van der Waals surface area (Å²) >= 11 is 11.9. The number of hydrogen-bond donors (Lipinski definition) is 2. The van der Waals surface area contributed by atoms with Gasteiger partial charge in [0.2, 0.25) is 11.8 Å². The third kappa shape index (κ3) is 5.09. The monoisotopic (exact) mass is 398 g/mol. The SMILES string of the molecule is O=C(Nc1cccc(Cl)c1)C(C(=O)Nc1cccc(Cl)c1)c1ccccc1. The van der Waals surface area contributed by atoms with Crippen molar-refractivity contribution in [3.05, 3.63) is 94.5 Å². The summed E-state index contributed by atoms with van der Waals surface area (Å²) < 4.78 is 0. The number of anilines is 2. The predicted octanol–water partition coefficient (Wildman–Crippen LogP) is 5.35. The molecule has 0 aliphatic heterocycles. The van der Waals surface area contributed by atoms with Crippen LogP contribution >= 0.6 is 23.2 Å². The second-order valence-electron chi connectivity index (χ2n) is 5.84. The summed E-state index contributed by atoms with van der Waals surface area (Å²) in [6.07, 6.45) is 0. The van der Waals surface area contributed by atoms with Crippen molar-refractivity contribution < 1.29 is 9.59 Å². The van der Waals surface area contributed by atoms with Gasteiger partial charge >= 0.3 is 0 Å². The minimum atomic E-state index is -1.04. The van der Waals surface area contributed by atoms with Gasteiger partial charge in [0, 0.05) is 21.4 Å². The first-order valence-electron chi connectivity index (χ1n) is 8.21.